The molecular formula is C13H19N3O4. The number of nitro groups is 1. The van der Waals surface area contributed by atoms with Gasteiger partial charge in [0.15, 0.2) is 0 Å². The lowest BCUT2D eigenvalue weighted by atomic mass is 10.1. The molecule has 0 aromatic heterocycles. The zero-order valence-electron chi connectivity index (χ0n) is 11.9. The number of anilines is 1. The number of rotatable bonds is 7. The standard InChI is InChI=1S/C13H19N3O4/c1-14-10-5-6-12(16(18)19)11(9-10)13(17)15(2)7-4-8-20-3/h5-6,9,14H,4,7-8H2,1-3H3. The fourth-order valence-electron chi connectivity index (χ4n) is 1.78. The molecule has 1 N–H and O–H groups in total. The molecule has 0 fully saturated rings. The summed E-state index contributed by atoms with van der Waals surface area (Å²) < 4.78 is 4.92. The van der Waals surface area contributed by atoms with Crippen LogP contribution in [-0.2, 0) is 4.74 Å². The van der Waals surface area contributed by atoms with Gasteiger partial charge in [0, 0.05) is 46.1 Å². The first-order valence-corrected chi connectivity index (χ1v) is 6.21. The molecule has 1 rings (SSSR count). The van der Waals surface area contributed by atoms with Gasteiger partial charge in [-0.05, 0) is 18.6 Å². The second kappa shape index (κ2) is 7.44. The fourth-order valence-corrected chi connectivity index (χ4v) is 1.78. The van der Waals surface area contributed by atoms with Crippen LogP contribution in [0.4, 0.5) is 11.4 Å². The Morgan fingerprint density at radius 3 is 2.75 bits per heavy atom. The average molecular weight is 281 g/mol. The van der Waals surface area contributed by atoms with Crippen molar-refractivity contribution in [2.45, 2.75) is 6.42 Å². The van der Waals surface area contributed by atoms with Crippen molar-refractivity contribution in [3.05, 3.63) is 33.9 Å². The molecule has 0 spiro atoms. The van der Waals surface area contributed by atoms with Crippen LogP contribution in [0.2, 0.25) is 0 Å². The number of hydrogen-bond donors (Lipinski definition) is 1. The maximum absolute atomic E-state index is 12.3. The van der Waals surface area contributed by atoms with Crippen LogP contribution in [-0.4, -0.2) is 50.1 Å². The largest absolute Gasteiger partial charge is 0.388 e. The molecule has 0 aliphatic carbocycles. The van der Waals surface area contributed by atoms with Crippen LogP contribution in [0.5, 0.6) is 0 Å². The lowest BCUT2D eigenvalue weighted by Gasteiger charge is -2.17. The highest BCUT2D eigenvalue weighted by molar-refractivity contribution is 5.99. The third-order valence-corrected chi connectivity index (χ3v) is 2.90. The van der Waals surface area contributed by atoms with Crippen molar-refractivity contribution < 1.29 is 14.5 Å². The molecule has 0 unspecified atom stereocenters. The van der Waals surface area contributed by atoms with E-state index in [9.17, 15) is 14.9 Å². The van der Waals surface area contributed by atoms with E-state index in [2.05, 4.69) is 5.32 Å². The quantitative estimate of drug-likeness (QED) is 0.467. The fraction of sp³-hybridized carbons (Fsp3) is 0.462. The summed E-state index contributed by atoms with van der Waals surface area (Å²) in [5, 5.41) is 13.9. The number of hydrogen-bond acceptors (Lipinski definition) is 5. The van der Waals surface area contributed by atoms with Gasteiger partial charge in [-0.1, -0.05) is 0 Å². The number of nitrogens with zero attached hydrogens (tertiary/aromatic N) is 2. The molecule has 0 heterocycles. The third-order valence-electron chi connectivity index (χ3n) is 2.90. The second-order valence-electron chi connectivity index (χ2n) is 4.31. The number of amides is 1. The molecule has 0 atom stereocenters. The summed E-state index contributed by atoms with van der Waals surface area (Å²) >= 11 is 0. The summed E-state index contributed by atoms with van der Waals surface area (Å²) in [4.78, 5) is 24.2. The van der Waals surface area contributed by atoms with E-state index in [1.807, 2.05) is 0 Å². The smallest absolute Gasteiger partial charge is 0.282 e. The Kier molecular flexibility index (Phi) is 5.92. The lowest BCUT2D eigenvalue weighted by Crippen LogP contribution is -2.29. The summed E-state index contributed by atoms with van der Waals surface area (Å²) in [6.07, 6.45) is 0.679. The van der Waals surface area contributed by atoms with Crippen molar-refractivity contribution in [1.82, 2.24) is 4.90 Å². The molecule has 1 aromatic rings. The summed E-state index contributed by atoms with van der Waals surface area (Å²) in [6, 6.07) is 4.40. The normalized spacial score (nSPS) is 10.2. The topological polar surface area (TPSA) is 84.7 Å². The van der Waals surface area contributed by atoms with E-state index in [1.54, 1.807) is 27.3 Å². The number of ether oxygens (including phenoxy) is 1. The van der Waals surface area contributed by atoms with Gasteiger partial charge >= 0.3 is 0 Å². The number of methoxy groups -OCH3 is 1. The number of carbonyl (C=O) groups excluding carboxylic acids is 1. The zero-order valence-corrected chi connectivity index (χ0v) is 11.9. The van der Waals surface area contributed by atoms with Gasteiger partial charge in [-0.3, -0.25) is 14.9 Å². The van der Waals surface area contributed by atoms with Gasteiger partial charge in [-0.2, -0.15) is 0 Å². The number of carbonyl (C=O) groups is 1. The Morgan fingerprint density at radius 1 is 1.50 bits per heavy atom. The van der Waals surface area contributed by atoms with E-state index < -0.39 is 4.92 Å². The molecule has 0 aliphatic rings. The van der Waals surface area contributed by atoms with Crippen LogP contribution in [0.3, 0.4) is 0 Å². The number of benzene rings is 1. The minimum absolute atomic E-state index is 0.0850. The maximum atomic E-state index is 12.3. The highest BCUT2D eigenvalue weighted by atomic mass is 16.6. The molecule has 1 aromatic carbocycles. The highest BCUT2D eigenvalue weighted by Gasteiger charge is 2.23. The number of nitrogens with one attached hydrogen (secondary N) is 1. The lowest BCUT2D eigenvalue weighted by molar-refractivity contribution is -0.385. The Labute approximate surface area is 117 Å². The first-order valence-electron chi connectivity index (χ1n) is 6.21. The first-order chi connectivity index (χ1) is 9.51. The Bertz CT molecular complexity index is 491. The van der Waals surface area contributed by atoms with Crippen molar-refractivity contribution >= 4 is 17.3 Å². The van der Waals surface area contributed by atoms with Crippen molar-refractivity contribution in [3.63, 3.8) is 0 Å². The van der Waals surface area contributed by atoms with Crippen LogP contribution in [0.15, 0.2) is 18.2 Å². The second-order valence-corrected chi connectivity index (χ2v) is 4.31. The van der Waals surface area contributed by atoms with E-state index >= 15 is 0 Å². The van der Waals surface area contributed by atoms with Gasteiger partial charge in [0.25, 0.3) is 11.6 Å². The molecule has 20 heavy (non-hydrogen) atoms. The van der Waals surface area contributed by atoms with Gasteiger partial charge in [0.2, 0.25) is 0 Å². The van der Waals surface area contributed by atoms with Gasteiger partial charge < -0.3 is 15.0 Å². The van der Waals surface area contributed by atoms with Crippen molar-refractivity contribution in [2.75, 3.05) is 39.7 Å². The van der Waals surface area contributed by atoms with Gasteiger partial charge in [-0.25, -0.2) is 0 Å². The Morgan fingerprint density at radius 2 is 2.20 bits per heavy atom. The van der Waals surface area contributed by atoms with Crippen molar-refractivity contribution in [1.29, 1.82) is 0 Å². The molecule has 0 saturated carbocycles. The molecule has 7 heteroatoms. The van der Waals surface area contributed by atoms with E-state index in [0.29, 0.717) is 25.3 Å². The van der Waals surface area contributed by atoms with Crippen LogP contribution in [0.1, 0.15) is 16.8 Å². The maximum Gasteiger partial charge on any atom is 0.282 e. The summed E-state index contributed by atoms with van der Waals surface area (Å²) in [5.74, 6) is -0.370. The predicted octanol–water partition coefficient (Wildman–Crippen LogP) is 1.74. The van der Waals surface area contributed by atoms with Crippen LogP contribution in [0.25, 0.3) is 0 Å². The minimum atomic E-state index is -0.546. The predicted molar refractivity (Wildman–Crippen MR) is 76.1 cm³/mol. The molecule has 0 radical (unpaired) electrons. The molecule has 0 saturated heterocycles. The molecule has 1 amide bonds. The molecule has 0 bridgehead atoms. The van der Waals surface area contributed by atoms with Gasteiger partial charge in [-0.15, -0.1) is 0 Å². The Hall–Kier alpha value is -2.15. The summed E-state index contributed by atoms with van der Waals surface area (Å²) in [6.45, 7) is 1.02. The van der Waals surface area contributed by atoms with Crippen LogP contribution >= 0.6 is 0 Å². The third kappa shape index (κ3) is 3.92. The Balaban J connectivity index is 2.97. The molecular weight excluding hydrogens is 262 g/mol. The summed E-state index contributed by atoms with van der Waals surface area (Å²) in [7, 11) is 4.90. The average Bonchev–Trinajstić information content (AvgIpc) is 2.45. The van der Waals surface area contributed by atoms with E-state index in [4.69, 9.17) is 4.74 Å². The molecule has 0 aliphatic heterocycles. The van der Waals surface area contributed by atoms with Crippen molar-refractivity contribution in [3.8, 4) is 0 Å². The minimum Gasteiger partial charge on any atom is -0.388 e. The van der Waals surface area contributed by atoms with E-state index in [1.165, 1.54) is 17.0 Å². The number of nitro benzene ring substituents is 1. The summed E-state index contributed by atoms with van der Waals surface area (Å²) in [5.41, 5.74) is 0.554. The molecule has 7 nitrogen and oxygen atoms in total. The van der Waals surface area contributed by atoms with E-state index in [0.717, 1.165) is 0 Å². The first kappa shape index (κ1) is 15.9. The van der Waals surface area contributed by atoms with Crippen LogP contribution in [0, 0.1) is 10.1 Å². The monoisotopic (exact) mass is 281 g/mol. The van der Waals surface area contributed by atoms with Gasteiger partial charge in [0.05, 0.1) is 4.92 Å². The van der Waals surface area contributed by atoms with E-state index in [-0.39, 0.29) is 17.2 Å². The highest BCUT2D eigenvalue weighted by Crippen LogP contribution is 2.23. The SMILES string of the molecule is CNc1ccc([N+](=O)[O-])c(C(=O)N(C)CCCOC)c1. The molecule has 110 valence electrons. The van der Waals surface area contributed by atoms with Crippen molar-refractivity contribution in [2.24, 2.45) is 0 Å². The van der Waals surface area contributed by atoms with Crippen LogP contribution < -0.4 is 5.32 Å². The zero-order chi connectivity index (χ0) is 15.1. The van der Waals surface area contributed by atoms with Gasteiger partial charge in [0.1, 0.15) is 5.56 Å².